The van der Waals surface area contributed by atoms with E-state index in [9.17, 15) is 28.8 Å². The van der Waals surface area contributed by atoms with Gasteiger partial charge < -0.3 is 24.1 Å². The Morgan fingerprint density at radius 2 is 0.939 bits per heavy atom. The van der Waals surface area contributed by atoms with Gasteiger partial charge in [-0.15, -0.1) is 0 Å². The van der Waals surface area contributed by atoms with E-state index in [2.05, 4.69) is 19.7 Å². The highest BCUT2D eigenvalue weighted by Gasteiger charge is 2.21. The molecule has 0 aliphatic heterocycles. The van der Waals surface area contributed by atoms with Gasteiger partial charge in [-0.2, -0.15) is 0 Å². The predicted molar refractivity (Wildman–Crippen MR) is 178 cm³/mol. The topological polar surface area (TPSA) is 198 Å². The normalized spacial score (nSPS) is 10.2. The fraction of sp³-hybridized carbons (Fsp3) is 0.323. The van der Waals surface area contributed by atoms with Gasteiger partial charge in [-0.3, -0.25) is 4.79 Å². The Hall–Kier alpha value is -4.37. The van der Waals surface area contributed by atoms with Crippen LogP contribution < -0.4 is 0 Å². The van der Waals surface area contributed by atoms with E-state index in [-0.39, 0.29) is 68.7 Å². The Morgan fingerprint density at radius 3 is 1.24 bits per heavy atom. The van der Waals surface area contributed by atoms with E-state index in [1.54, 1.807) is 41.5 Å². The minimum Gasteiger partial charge on any atom is -0.478 e. The third-order valence-corrected chi connectivity index (χ3v) is 6.12. The smallest absolute Gasteiger partial charge is 0.358 e. The molecule has 0 saturated heterocycles. The highest BCUT2D eigenvalue weighted by Crippen LogP contribution is 2.20. The number of ether oxygens (including phenoxy) is 4. The summed E-state index contributed by atoms with van der Waals surface area (Å²) in [6.45, 7) is 10.9. The molecule has 0 fully saturated rings. The Kier molecular flexibility index (Phi) is 17.6. The molecule has 14 nitrogen and oxygen atoms in total. The zero-order chi connectivity index (χ0) is 37.5. The van der Waals surface area contributed by atoms with Crippen LogP contribution in [0.1, 0.15) is 104 Å². The van der Waals surface area contributed by atoms with Crippen LogP contribution in [-0.4, -0.2) is 80.6 Å². The number of aromatic nitrogens is 3. The van der Waals surface area contributed by atoms with Crippen LogP contribution in [0, 0.1) is 0 Å². The van der Waals surface area contributed by atoms with Crippen molar-refractivity contribution in [2.45, 2.75) is 47.1 Å². The molecule has 0 bridgehead atoms. The lowest BCUT2D eigenvalue weighted by atomic mass is 10.2. The second-order valence-electron chi connectivity index (χ2n) is 9.91. The first kappa shape index (κ1) is 42.7. The summed E-state index contributed by atoms with van der Waals surface area (Å²) in [5, 5.41) is 8.01. The molecule has 0 radical (unpaired) electrons. The monoisotopic (exact) mass is 761 g/mol. The molecule has 0 aliphatic rings. The Labute approximate surface area is 300 Å². The van der Waals surface area contributed by atoms with Crippen LogP contribution in [0.5, 0.6) is 0 Å². The first-order chi connectivity index (χ1) is 22.9. The van der Waals surface area contributed by atoms with Gasteiger partial charge in [0.25, 0.3) is 5.24 Å². The summed E-state index contributed by atoms with van der Waals surface area (Å²) in [4.78, 5) is 78.2. The number of rotatable bonds is 9. The third-order valence-electron chi connectivity index (χ3n) is 5.04. The lowest BCUT2D eigenvalue weighted by Crippen LogP contribution is -2.24. The maximum atomic E-state index is 11.8. The average Bonchev–Trinajstić information content (AvgIpc) is 3.00. The number of carbonyl (C=O) groups is 6. The molecule has 0 spiro atoms. The molecule has 264 valence electrons. The van der Waals surface area contributed by atoms with Crippen LogP contribution in [0.2, 0.25) is 15.1 Å². The van der Waals surface area contributed by atoms with Gasteiger partial charge in [0.15, 0.2) is 17.1 Å². The molecule has 0 unspecified atom stereocenters. The van der Waals surface area contributed by atoms with Gasteiger partial charge >= 0.3 is 29.8 Å². The summed E-state index contributed by atoms with van der Waals surface area (Å²) in [5.41, 5.74) is -0.487. The lowest BCUT2D eigenvalue weighted by molar-refractivity contribution is 0.00676. The molecule has 3 aromatic rings. The number of hydrogen-bond donors (Lipinski definition) is 1. The second-order valence-corrected chi connectivity index (χ2v) is 11.5. The number of esters is 4. The molecule has 49 heavy (non-hydrogen) atoms. The maximum Gasteiger partial charge on any atom is 0.358 e. The second kappa shape index (κ2) is 20.2. The summed E-state index contributed by atoms with van der Waals surface area (Å²) in [7, 11) is 0. The fourth-order valence-electron chi connectivity index (χ4n) is 3.04. The van der Waals surface area contributed by atoms with E-state index in [1.807, 2.05) is 0 Å². The average molecular weight is 763 g/mol. The van der Waals surface area contributed by atoms with Gasteiger partial charge in [0, 0.05) is 18.6 Å². The van der Waals surface area contributed by atoms with Crippen molar-refractivity contribution in [2.75, 3.05) is 19.8 Å². The van der Waals surface area contributed by atoms with E-state index < -0.39 is 40.7 Å². The molecule has 0 aliphatic carbocycles. The predicted octanol–water partition coefficient (Wildman–Crippen LogP) is 6.77. The quantitative estimate of drug-likeness (QED) is 0.136. The lowest BCUT2D eigenvalue weighted by Gasteiger charge is -2.19. The molecular formula is C31H31Cl4N3O11. The van der Waals surface area contributed by atoms with Crippen molar-refractivity contribution in [3.63, 3.8) is 0 Å². The van der Waals surface area contributed by atoms with Gasteiger partial charge in [-0.05, 0) is 71.3 Å². The number of carboxylic acids is 1. The summed E-state index contributed by atoms with van der Waals surface area (Å²) >= 11 is 22.5. The maximum absolute atomic E-state index is 11.8. The molecule has 0 amide bonds. The zero-order valence-electron chi connectivity index (χ0n) is 27.0. The van der Waals surface area contributed by atoms with Crippen molar-refractivity contribution in [3.8, 4) is 0 Å². The van der Waals surface area contributed by atoms with Crippen molar-refractivity contribution in [1.29, 1.82) is 0 Å². The largest absolute Gasteiger partial charge is 0.478 e. The summed E-state index contributed by atoms with van der Waals surface area (Å²) in [6.07, 6.45) is 3.47. The number of nitrogens with zero attached hydrogens (tertiary/aromatic N) is 3. The van der Waals surface area contributed by atoms with E-state index in [0.29, 0.717) is 0 Å². The molecule has 0 aromatic carbocycles. The number of pyridine rings is 3. The number of aromatic carboxylic acids is 1. The van der Waals surface area contributed by atoms with Crippen molar-refractivity contribution in [2.24, 2.45) is 0 Å². The molecule has 0 saturated carbocycles. The number of hydrogen-bond acceptors (Lipinski definition) is 13. The van der Waals surface area contributed by atoms with Gasteiger partial charge in [-0.25, -0.2) is 38.9 Å². The summed E-state index contributed by atoms with van der Waals surface area (Å²) in [5.74, 6) is -3.61. The van der Waals surface area contributed by atoms with Crippen LogP contribution in [0.4, 0.5) is 0 Å². The van der Waals surface area contributed by atoms with Crippen LogP contribution in [-0.2, 0) is 18.9 Å². The van der Waals surface area contributed by atoms with E-state index >= 15 is 0 Å². The highest BCUT2D eigenvalue weighted by molar-refractivity contribution is 6.67. The Morgan fingerprint density at radius 1 is 0.612 bits per heavy atom. The minimum absolute atomic E-state index is 0.0178. The minimum atomic E-state index is -1.15. The first-order valence-corrected chi connectivity index (χ1v) is 15.5. The number of carbonyl (C=O) groups excluding carboxylic acids is 5. The van der Waals surface area contributed by atoms with Crippen LogP contribution >= 0.6 is 46.4 Å². The SMILES string of the molecule is CCOC(=O)c1ncc(C(=O)Cl)cc1Cl.CCOC(=O)c1ncc(C(=O)O)cc1Cl.CCOC(=O)c1ncc(C(=O)OC(C)(C)C)cc1Cl. The van der Waals surface area contributed by atoms with Crippen molar-refractivity contribution in [3.05, 3.63) is 85.6 Å². The first-order valence-electron chi connectivity index (χ1n) is 14.0. The standard InChI is InChI=1S/C13H16ClNO4.C9H7Cl2NO3.C9H8ClNO4/c1-5-18-12(17)10-9(14)6-8(7-15-10)11(16)19-13(2,3)4;1-2-15-9(14)7-6(10)3-5(4-12-7)8(11)13;1-2-15-9(14)7-6(10)3-5(4-11-7)8(12)13/h6-7H,5H2,1-4H3;3-4H,2H2,1H3;3-4H,2H2,1H3,(H,12,13). The van der Waals surface area contributed by atoms with Gasteiger partial charge in [-0.1, -0.05) is 34.8 Å². The zero-order valence-corrected chi connectivity index (χ0v) is 30.0. The van der Waals surface area contributed by atoms with Crippen molar-refractivity contribution in [1.82, 2.24) is 15.0 Å². The van der Waals surface area contributed by atoms with Gasteiger partial charge in [0.05, 0.1) is 51.6 Å². The van der Waals surface area contributed by atoms with E-state index in [4.69, 9.17) is 65.7 Å². The van der Waals surface area contributed by atoms with E-state index in [0.717, 1.165) is 12.3 Å². The molecule has 1 N–H and O–H groups in total. The molecule has 3 aromatic heterocycles. The molecular weight excluding hydrogens is 732 g/mol. The highest BCUT2D eigenvalue weighted by atomic mass is 35.5. The van der Waals surface area contributed by atoms with Crippen molar-refractivity contribution >= 4 is 81.5 Å². The molecule has 3 heterocycles. The number of halogens is 4. The summed E-state index contributed by atoms with van der Waals surface area (Å²) in [6, 6.07) is 3.77. The third kappa shape index (κ3) is 14.3. The molecule has 18 heteroatoms. The molecule has 0 atom stereocenters. The van der Waals surface area contributed by atoms with Gasteiger partial charge in [0.1, 0.15) is 5.60 Å². The Balaban J connectivity index is 0.000000371. The summed E-state index contributed by atoms with van der Waals surface area (Å²) < 4.78 is 19.3. The van der Waals surface area contributed by atoms with E-state index in [1.165, 1.54) is 24.5 Å². The fourth-order valence-corrected chi connectivity index (χ4v) is 3.87. The number of carboxylic acid groups (broad SMARTS) is 1. The molecule has 3 rings (SSSR count). The Bertz CT molecular complexity index is 1620. The van der Waals surface area contributed by atoms with Crippen molar-refractivity contribution < 1.29 is 52.8 Å². The van der Waals surface area contributed by atoms with Crippen LogP contribution in [0.3, 0.4) is 0 Å². The van der Waals surface area contributed by atoms with Gasteiger partial charge in [0.2, 0.25) is 0 Å². The van der Waals surface area contributed by atoms with Crippen LogP contribution in [0.25, 0.3) is 0 Å². The van der Waals surface area contributed by atoms with Crippen LogP contribution in [0.15, 0.2) is 36.8 Å².